The second-order valence-electron chi connectivity index (χ2n) is 5.87. The average molecular weight is 258 g/mol. The fourth-order valence-corrected chi connectivity index (χ4v) is 1.85. The topological polar surface area (TPSA) is 64.8 Å². The molecule has 104 valence electrons. The molecular formula is C12H22N2O4. The number of hydrogen-bond acceptors (Lipinski definition) is 4. The van der Waals surface area contributed by atoms with Crippen LogP contribution in [0.4, 0.5) is 4.79 Å². The summed E-state index contributed by atoms with van der Waals surface area (Å²) in [6, 6.07) is -0.405. The van der Waals surface area contributed by atoms with Gasteiger partial charge >= 0.3 is 6.09 Å². The predicted molar refractivity (Wildman–Crippen MR) is 67.5 cm³/mol. The molecular weight excluding hydrogens is 236 g/mol. The quantitative estimate of drug-likeness (QED) is 0.310. The third-order valence-corrected chi connectivity index (χ3v) is 2.49. The van der Waals surface area contributed by atoms with E-state index >= 15 is 0 Å². The van der Waals surface area contributed by atoms with E-state index in [4.69, 9.17) is 9.47 Å². The summed E-state index contributed by atoms with van der Waals surface area (Å²) < 4.78 is 11.5. The highest BCUT2D eigenvalue weighted by atomic mass is 16.6. The Hall–Kier alpha value is -1.30. The van der Waals surface area contributed by atoms with Gasteiger partial charge in [-0.1, -0.05) is 0 Å². The zero-order valence-corrected chi connectivity index (χ0v) is 11.9. The Balaban J connectivity index is 2.92. The van der Waals surface area contributed by atoms with Crippen LogP contribution in [0, 0.1) is 5.21 Å². The van der Waals surface area contributed by atoms with Gasteiger partial charge in [-0.05, 0) is 34.6 Å². The maximum atomic E-state index is 12.2. The zero-order valence-electron chi connectivity index (χ0n) is 11.9. The van der Waals surface area contributed by atoms with E-state index in [0.29, 0.717) is 11.3 Å². The fraction of sp³-hybridized carbons (Fsp3) is 0.833. The summed E-state index contributed by atoms with van der Waals surface area (Å²) in [6.07, 6.45) is 0.923. The highest BCUT2D eigenvalue weighted by Crippen LogP contribution is 2.28. The molecule has 0 N–H and O–H groups in total. The molecule has 1 rings (SSSR count). The number of nitrogens with zero attached hydrogens (tertiary/aromatic N) is 2. The lowest BCUT2D eigenvalue weighted by Gasteiger charge is -2.33. The van der Waals surface area contributed by atoms with Crippen LogP contribution >= 0.6 is 0 Å². The first kappa shape index (κ1) is 14.8. The van der Waals surface area contributed by atoms with Crippen molar-refractivity contribution in [1.82, 2.24) is 4.90 Å². The monoisotopic (exact) mass is 258 g/mol. The van der Waals surface area contributed by atoms with Crippen molar-refractivity contribution in [3.8, 4) is 0 Å². The van der Waals surface area contributed by atoms with E-state index in [-0.39, 0.29) is 0 Å². The van der Waals surface area contributed by atoms with Crippen LogP contribution < -0.4 is 0 Å². The molecule has 0 aromatic rings. The lowest BCUT2D eigenvalue weighted by Crippen LogP contribution is -2.50. The molecule has 1 fully saturated rings. The van der Waals surface area contributed by atoms with Crippen molar-refractivity contribution in [2.75, 3.05) is 13.7 Å². The van der Waals surface area contributed by atoms with E-state index in [2.05, 4.69) is 0 Å². The summed E-state index contributed by atoms with van der Waals surface area (Å²) >= 11 is 0. The van der Waals surface area contributed by atoms with Gasteiger partial charge in [0.05, 0.1) is 6.61 Å². The smallest absolute Gasteiger partial charge is 0.413 e. The molecule has 6 heteroatoms. The van der Waals surface area contributed by atoms with Crippen LogP contribution in [0.1, 0.15) is 34.6 Å². The van der Waals surface area contributed by atoms with Crippen LogP contribution in [-0.2, 0) is 9.47 Å². The van der Waals surface area contributed by atoms with Crippen molar-refractivity contribution in [2.45, 2.75) is 52.0 Å². The first-order valence-electron chi connectivity index (χ1n) is 5.94. The van der Waals surface area contributed by atoms with Crippen molar-refractivity contribution in [3.05, 3.63) is 5.21 Å². The van der Waals surface area contributed by atoms with Gasteiger partial charge in [0.15, 0.2) is 6.21 Å². The number of carbonyl (C=O) groups excluding carboxylic acids is 1. The maximum absolute atomic E-state index is 12.2. The first-order valence-corrected chi connectivity index (χ1v) is 5.94. The standard InChI is InChI=1S/C12H22N2O4/c1-11(2,3)18-10(15)14-9(7-13(6)16)8-17-12(14,4)5/h7,9H,8H2,1-6H3/b13-7-/t9-/m1/s1. The van der Waals surface area contributed by atoms with Gasteiger partial charge in [0.2, 0.25) is 0 Å². The largest absolute Gasteiger partial charge is 0.624 e. The molecule has 0 saturated carbocycles. The number of carbonyl (C=O) groups is 1. The number of rotatable bonds is 1. The molecule has 0 spiro atoms. The Morgan fingerprint density at radius 2 is 2.11 bits per heavy atom. The summed E-state index contributed by atoms with van der Waals surface area (Å²) in [5, 5.41) is 11.1. The lowest BCUT2D eigenvalue weighted by atomic mass is 10.2. The van der Waals surface area contributed by atoms with Crippen molar-refractivity contribution in [1.29, 1.82) is 0 Å². The van der Waals surface area contributed by atoms with Crippen molar-refractivity contribution in [2.24, 2.45) is 0 Å². The van der Waals surface area contributed by atoms with E-state index in [0.717, 1.165) is 0 Å². The zero-order chi connectivity index (χ0) is 14.1. The van der Waals surface area contributed by atoms with Crippen molar-refractivity contribution >= 4 is 12.3 Å². The molecule has 0 aliphatic carbocycles. The van der Waals surface area contributed by atoms with E-state index < -0.39 is 23.5 Å². The Morgan fingerprint density at radius 1 is 1.56 bits per heavy atom. The normalized spacial score (nSPS) is 24.2. The number of ether oxygens (including phenoxy) is 2. The maximum Gasteiger partial charge on any atom is 0.413 e. The SMILES string of the molecule is C/[N+]([O-])=C/[C@@H]1COC(C)(C)N1C(=O)OC(C)(C)C. The predicted octanol–water partition coefficient (Wildman–Crippen LogP) is 1.57. The molecule has 1 aliphatic rings. The van der Waals surface area contributed by atoms with Gasteiger partial charge in [-0.3, -0.25) is 4.90 Å². The summed E-state index contributed by atoms with van der Waals surface area (Å²) in [5.41, 5.74) is -1.36. The van der Waals surface area contributed by atoms with Crippen LogP contribution in [0.25, 0.3) is 0 Å². The molecule has 0 aromatic heterocycles. The van der Waals surface area contributed by atoms with Crippen LogP contribution in [0.5, 0.6) is 0 Å². The second kappa shape index (κ2) is 4.76. The molecule has 6 nitrogen and oxygen atoms in total. The lowest BCUT2D eigenvalue weighted by molar-refractivity contribution is -0.419. The number of amides is 1. The van der Waals surface area contributed by atoms with Crippen LogP contribution in [0.15, 0.2) is 0 Å². The van der Waals surface area contributed by atoms with Crippen molar-refractivity contribution in [3.63, 3.8) is 0 Å². The molecule has 0 radical (unpaired) electrons. The Labute approximate surface area is 108 Å². The third-order valence-electron chi connectivity index (χ3n) is 2.49. The van der Waals surface area contributed by atoms with Gasteiger partial charge in [-0.25, -0.2) is 9.53 Å². The molecule has 1 heterocycles. The van der Waals surface area contributed by atoms with Gasteiger partial charge in [0, 0.05) is 0 Å². The van der Waals surface area contributed by atoms with Gasteiger partial charge < -0.3 is 14.7 Å². The van der Waals surface area contributed by atoms with E-state index in [9.17, 15) is 10.0 Å². The molecule has 18 heavy (non-hydrogen) atoms. The third kappa shape index (κ3) is 3.60. The molecule has 1 amide bonds. The molecule has 1 saturated heterocycles. The number of hydrogen-bond donors (Lipinski definition) is 0. The van der Waals surface area contributed by atoms with E-state index in [1.54, 1.807) is 34.6 Å². The molecule has 0 aromatic carbocycles. The molecule has 1 atom stereocenters. The van der Waals surface area contributed by atoms with Gasteiger partial charge in [-0.2, -0.15) is 0 Å². The van der Waals surface area contributed by atoms with Gasteiger partial charge in [-0.15, -0.1) is 0 Å². The minimum Gasteiger partial charge on any atom is -0.624 e. The Bertz CT molecular complexity index is 354. The Kier molecular flexibility index (Phi) is 3.90. The van der Waals surface area contributed by atoms with Gasteiger partial charge in [0.1, 0.15) is 24.4 Å². The van der Waals surface area contributed by atoms with Crippen LogP contribution in [-0.4, -0.2) is 53.0 Å². The molecule has 0 bridgehead atoms. The van der Waals surface area contributed by atoms with Crippen LogP contribution in [0.2, 0.25) is 0 Å². The highest BCUT2D eigenvalue weighted by molar-refractivity contribution is 5.75. The second-order valence-corrected chi connectivity index (χ2v) is 5.87. The van der Waals surface area contributed by atoms with E-state index in [1.807, 2.05) is 0 Å². The molecule has 0 unspecified atom stereocenters. The van der Waals surface area contributed by atoms with E-state index in [1.165, 1.54) is 18.2 Å². The summed E-state index contributed by atoms with van der Waals surface area (Å²) in [7, 11) is 1.37. The first-order chi connectivity index (χ1) is 8.03. The fourth-order valence-electron chi connectivity index (χ4n) is 1.85. The average Bonchev–Trinajstić information content (AvgIpc) is 2.36. The van der Waals surface area contributed by atoms with Gasteiger partial charge in [0.25, 0.3) is 0 Å². The summed E-state index contributed by atoms with van der Waals surface area (Å²) in [4.78, 5) is 13.6. The summed E-state index contributed by atoms with van der Waals surface area (Å²) in [6.45, 7) is 9.23. The summed E-state index contributed by atoms with van der Waals surface area (Å²) in [5.74, 6) is 0. The van der Waals surface area contributed by atoms with Crippen LogP contribution in [0.3, 0.4) is 0 Å². The minimum atomic E-state index is -0.778. The molecule has 1 aliphatic heterocycles. The Morgan fingerprint density at radius 3 is 2.56 bits per heavy atom. The number of hydroxylamine groups is 1. The minimum absolute atomic E-state index is 0.290. The van der Waals surface area contributed by atoms with Crippen molar-refractivity contribution < 1.29 is 19.0 Å². The highest BCUT2D eigenvalue weighted by Gasteiger charge is 2.46.